The number of hydrogen-bond donors (Lipinski definition) is 0. The Bertz CT molecular complexity index is 767. The molecule has 0 N–H and O–H groups in total. The largest absolute Gasteiger partial charge is 0.362 e. The van der Waals surface area contributed by atoms with E-state index >= 15 is 0 Å². The van der Waals surface area contributed by atoms with Crippen LogP contribution >= 0.6 is 11.8 Å². The quantitative estimate of drug-likeness (QED) is 0.853. The summed E-state index contributed by atoms with van der Waals surface area (Å²) in [5, 5.41) is -0.212. The molecule has 0 saturated carbocycles. The van der Waals surface area contributed by atoms with Gasteiger partial charge < -0.3 is 9.80 Å². The third kappa shape index (κ3) is 2.77. The number of anilines is 1. The maximum atomic E-state index is 14.1. The van der Waals surface area contributed by atoms with Crippen LogP contribution < -0.4 is 4.90 Å². The minimum absolute atomic E-state index is 0.0740. The maximum Gasteiger partial charge on any atom is 0.243 e. The van der Waals surface area contributed by atoms with Crippen molar-refractivity contribution in [1.82, 2.24) is 4.90 Å². The van der Waals surface area contributed by atoms with Crippen LogP contribution in [-0.4, -0.2) is 36.2 Å². The summed E-state index contributed by atoms with van der Waals surface area (Å²) in [6, 6.07) is 15.0. The number of carbonyl (C=O) groups is 1. The van der Waals surface area contributed by atoms with Crippen LogP contribution in [0.15, 0.2) is 48.5 Å². The third-order valence-corrected chi connectivity index (χ3v) is 5.93. The van der Waals surface area contributed by atoms with E-state index in [9.17, 15) is 9.18 Å². The Morgan fingerprint density at radius 1 is 1.12 bits per heavy atom. The molecule has 24 heavy (non-hydrogen) atoms. The molecule has 0 aromatic heterocycles. The molecule has 1 amide bonds. The van der Waals surface area contributed by atoms with Crippen LogP contribution in [0.5, 0.6) is 0 Å². The predicted octanol–water partition coefficient (Wildman–Crippen LogP) is 3.46. The molecule has 0 bridgehead atoms. The van der Waals surface area contributed by atoms with Gasteiger partial charge in [0.15, 0.2) is 0 Å². The van der Waals surface area contributed by atoms with E-state index in [1.807, 2.05) is 23.1 Å². The minimum atomic E-state index is -0.235. The van der Waals surface area contributed by atoms with Crippen LogP contribution in [0.3, 0.4) is 0 Å². The second-order valence-electron chi connectivity index (χ2n) is 6.13. The van der Waals surface area contributed by atoms with Gasteiger partial charge in [0, 0.05) is 30.1 Å². The number of rotatable bonds is 3. The van der Waals surface area contributed by atoms with Crippen molar-refractivity contribution in [2.75, 3.05) is 30.3 Å². The van der Waals surface area contributed by atoms with Gasteiger partial charge in [-0.2, -0.15) is 0 Å². The summed E-state index contributed by atoms with van der Waals surface area (Å²) < 4.78 is 14.1. The molecule has 0 aliphatic carbocycles. The zero-order valence-electron chi connectivity index (χ0n) is 13.3. The zero-order valence-corrected chi connectivity index (χ0v) is 14.1. The number of amides is 1. The molecule has 1 atom stereocenters. The number of thioether (sulfide) groups is 1. The molecule has 0 unspecified atom stereocenters. The molecule has 1 saturated heterocycles. The summed E-state index contributed by atoms with van der Waals surface area (Å²) in [5.41, 5.74) is 3.06. The molecule has 2 aliphatic heterocycles. The van der Waals surface area contributed by atoms with E-state index in [4.69, 9.17) is 0 Å². The van der Waals surface area contributed by atoms with Crippen molar-refractivity contribution in [2.24, 2.45) is 0 Å². The third-order valence-electron chi connectivity index (χ3n) is 4.69. The van der Waals surface area contributed by atoms with E-state index in [0.717, 1.165) is 24.4 Å². The van der Waals surface area contributed by atoms with E-state index in [2.05, 4.69) is 17.0 Å². The van der Waals surface area contributed by atoms with Gasteiger partial charge in [0.1, 0.15) is 11.2 Å². The summed E-state index contributed by atoms with van der Waals surface area (Å²) in [6.45, 7) is 1.91. The number of nitrogens with zero attached hydrogens (tertiary/aromatic N) is 2. The summed E-state index contributed by atoms with van der Waals surface area (Å²) in [7, 11) is 0. The number of hydrogen-bond acceptors (Lipinski definition) is 3. The molecule has 2 aliphatic rings. The van der Waals surface area contributed by atoms with Gasteiger partial charge in [-0.15, -0.1) is 11.8 Å². The fraction of sp³-hybridized carbons (Fsp3) is 0.316. The van der Waals surface area contributed by atoms with Crippen molar-refractivity contribution >= 4 is 23.4 Å². The number of para-hydroxylation sites is 1. The molecule has 2 heterocycles. The topological polar surface area (TPSA) is 23.6 Å². The van der Waals surface area contributed by atoms with Crippen molar-refractivity contribution in [3.8, 4) is 0 Å². The van der Waals surface area contributed by atoms with Gasteiger partial charge in [-0.05, 0) is 24.1 Å². The lowest BCUT2D eigenvalue weighted by molar-refractivity contribution is -0.129. The smallest absolute Gasteiger partial charge is 0.243 e. The summed E-state index contributed by atoms with van der Waals surface area (Å²) in [6.07, 6.45) is 0.981. The first kappa shape index (κ1) is 15.5. The number of halogens is 1. The molecule has 3 nitrogen and oxygen atoms in total. The second kappa shape index (κ2) is 6.48. The second-order valence-corrected chi connectivity index (χ2v) is 7.32. The molecule has 2 aromatic carbocycles. The Morgan fingerprint density at radius 2 is 1.92 bits per heavy atom. The highest BCUT2D eigenvalue weighted by atomic mass is 32.2. The van der Waals surface area contributed by atoms with Gasteiger partial charge in [0.2, 0.25) is 5.91 Å². The Labute approximate surface area is 145 Å². The summed E-state index contributed by atoms with van der Waals surface area (Å²) in [4.78, 5) is 16.8. The van der Waals surface area contributed by atoms with Crippen LogP contribution in [0, 0.1) is 5.82 Å². The van der Waals surface area contributed by atoms with Crippen LogP contribution in [0.2, 0.25) is 0 Å². The van der Waals surface area contributed by atoms with E-state index < -0.39 is 0 Å². The molecular formula is C19H19FN2OS. The fourth-order valence-corrected chi connectivity index (χ4v) is 4.78. The van der Waals surface area contributed by atoms with Crippen molar-refractivity contribution in [3.05, 3.63) is 65.5 Å². The zero-order chi connectivity index (χ0) is 16.5. The Kier molecular flexibility index (Phi) is 4.19. The Hall–Kier alpha value is -2.01. The number of benzene rings is 2. The van der Waals surface area contributed by atoms with Gasteiger partial charge in [-0.25, -0.2) is 4.39 Å². The van der Waals surface area contributed by atoms with E-state index in [1.54, 1.807) is 23.9 Å². The molecular weight excluding hydrogens is 323 g/mol. The van der Waals surface area contributed by atoms with Gasteiger partial charge in [0.05, 0.1) is 6.54 Å². The van der Waals surface area contributed by atoms with E-state index in [1.165, 1.54) is 11.6 Å². The average Bonchev–Trinajstić information content (AvgIpc) is 3.23. The van der Waals surface area contributed by atoms with Crippen molar-refractivity contribution in [1.29, 1.82) is 0 Å². The molecule has 0 spiro atoms. The van der Waals surface area contributed by atoms with Crippen molar-refractivity contribution in [3.63, 3.8) is 0 Å². The highest BCUT2D eigenvalue weighted by molar-refractivity contribution is 7.99. The molecule has 2 aromatic rings. The van der Waals surface area contributed by atoms with Gasteiger partial charge in [-0.3, -0.25) is 4.79 Å². The summed E-state index contributed by atoms with van der Waals surface area (Å²) in [5.74, 6) is 0.688. The molecule has 124 valence electrons. The first-order valence-electron chi connectivity index (χ1n) is 8.22. The van der Waals surface area contributed by atoms with Crippen LogP contribution in [0.4, 0.5) is 10.1 Å². The SMILES string of the molecule is O=C(CN1CCc2ccccc21)N1CCS[C@@H]1c1ccccc1F. The number of fused-ring (bicyclic) bond motifs is 1. The Morgan fingerprint density at radius 3 is 2.79 bits per heavy atom. The first-order valence-corrected chi connectivity index (χ1v) is 9.27. The predicted molar refractivity (Wildman–Crippen MR) is 95.7 cm³/mol. The van der Waals surface area contributed by atoms with Gasteiger partial charge in [-0.1, -0.05) is 36.4 Å². The lowest BCUT2D eigenvalue weighted by Crippen LogP contribution is -2.39. The fourth-order valence-electron chi connectivity index (χ4n) is 3.48. The minimum Gasteiger partial charge on any atom is -0.362 e. The van der Waals surface area contributed by atoms with Crippen LogP contribution in [0.25, 0.3) is 0 Å². The van der Waals surface area contributed by atoms with Crippen molar-refractivity contribution < 1.29 is 9.18 Å². The monoisotopic (exact) mass is 342 g/mol. The average molecular weight is 342 g/mol. The van der Waals surface area contributed by atoms with Crippen LogP contribution in [-0.2, 0) is 11.2 Å². The van der Waals surface area contributed by atoms with E-state index in [-0.39, 0.29) is 17.1 Å². The molecule has 1 fully saturated rings. The normalized spacial score (nSPS) is 19.6. The highest BCUT2D eigenvalue weighted by Gasteiger charge is 2.33. The summed E-state index contributed by atoms with van der Waals surface area (Å²) >= 11 is 1.64. The molecule has 0 radical (unpaired) electrons. The standard InChI is InChI=1S/C19H19FN2OS/c20-16-7-3-2-6-15(16)19-22(11-12-24-19)18(23)13-21-10-9-14-5-1-4-8-17(14)21/h1-8,19H,9-13H2/t19-/m1/s1. The Balaban J connectivity index is 1.51. The molecule has 4 rings (SSSR count). The molecule has 5 heteroatoms. The highest BCUT2D eigenvalue weighted by Crippen LogP contribution is 2.39. The maximum absolute atomic E-state index is 14.1. The van der Waals surface area contributed by atoms with E-state index in [0.29, 0.717) is 18.7 Å². The lowest BCUT2D eigenvalue weighted by Gasteiger charge is -2.27. The van der Waals surface area contributed by atoms with Crippen LogP contribution in [0.1, 0.15) is 16.5 Å². The van der Waals surface area contributed by atoms with Crippen molar-refractivity contribution in [2.45, 2.75) is 11.8 Å². The first-order chi connectivity index (χ1) is 11.7. The number of carbonyl (C=O) groups excluding carboxylic acids is 1. The van der Waals surface area contributed by atoms with Gasteiger partial charge in [0.25, 0.3) is 0 Å². The lowest BCUT2D eigenvalue weighted by atomic mass is 10.2. The van der Waals surface area contributed by atoms with Gasteiger partial charge >= 0.3 is 0 Å².